The van der Waals surface area contributed by atoms with Gasteiger partial charge in [0.15, 0.2) is 5.75 Å². The molecule has 0 unspecified atom stereocenters. The average molecular weight is 572 g/mol. The molecule has 1 amide bonds. The van der Waals surface area contributed by atoms with Crippen molar-refractivity contribution in [2.24, 2.45) is 4.99 Å². The fourth-order valence-corrected chi connectivity index (χ4v) is 4.37. The molecule has 3 aromatic rings. The van der Waals surface area contributed by atoms with E-state index in [1.54, 1.807) is 12.1 Å². The molecule has 34 heavy (non-hydrogen) atoms. The third kappa shape index (κ3) is 5.98. The molecule has 1 aliphatic heterocycles. The molecule has 0 fully saturated rings. The maximum Gasteiger partial charge on any atom is 0.255 e. The summed E-state index contributed by atoms with van der Waals surface area (Å²) in [6, 6.07) is 15.1. The number of carbonyl (C=O) groups excluding carboxylic acids is 1. The molecule has 0 bridgehead atoms. The Hall–Kier alpha value is -2.85. The van der Waals surface area contributed by atoms with Crippen LogP contribution in [0.3, 0.4) is 0 Å². The van der Waals surface area contributed by atoms with Gasteiger partial charge in [0.1, 0.15) is 6.61 Å². The molecule has 0 aliphatic carbocycles. The minimum absolute atomic E-state index is 0.146. The lowest BCUT2D eigenvalue weighted by Gasteiger charge is -2.20. The molecule has 4 rings (SSSR count). The molecule has 1 aliphatic rings. The first-order valence-corrected chi connectivity index (χ1v) is 12.3. The number of halogens is 2. The van der Waals surface area contributed by atoms with Gasteiger partial charge in [-0.1, -0.05) is 25.1 Å². The van der Waals surface area contributed by atoms with Crippen molar-refractivity contribution in [3.05, 3.63) is 85.9 Å². The molecule has 6 nitrogen and oxygen atoms in total. The Balaban J connectivity index is 1.37. The van der Waals surface area contributed by atoms with Crippen LogP contribution in [0.1, 0.15) is 22.8 Å². The lowest BCUT2D eigenvalue weighted by Crippen LogP contribution is -2.40. The fourth-order valence-electron chi connectivity index (χ4n) is 3.82. The first kappa shape index (κ1) is 24.3. The van der Waals surface area contributed by atoms with Crippen LogP contribution in [0, 0.1) is 9.52 Å². The molecule has 176 valence electrons. The zero-order valence-corrected chi connectivity index (χ0v) is 21.1. The fraction of sp³-hybridized carbons (Fsp3) is 0.269. The number of amides is 1. The van der Waals surface area contributed by atoms with E-state index in [2.05, 4.69) is 49.9 Å². The second-order valence-electron chi connectivity index (χ2n) is 7.87. The maximum absolute atomic E-state index is 13.6. The first-order chi connectivity index (χ1) is 16.5. The number of ether oxygens (including phenoxy) is 1. The van der Waals surface area contributed by atoms with Crippen LogP contribution >= 0.6 is 22.6 Å². The highest BCUT2D eigenvalue weighted by Gasteiger charge is 2.13. The summed E-state index contributed by atoms with van der Waals surface area (Å²) in [4.78, 5) is 23.6. The standard InChI is InChI=1S/C26H26FIN4O2/c1-2-32(15-16-34-23-7-4-12-29-25(23)27)14-13-30-26(33)21-6-3-5-18-8-9-19-17-20(28)10-11-22(19)31-24(18)21/h3-8,10-12,17H,2,9,13-16H2,1H3,(H,30,33). The van der Waals surface area contributed by atoms with Gasteiger partial charge in [0, 0.05) is 29.4 Å². The van der Waals surface area contributed by atoms with Crippen molar-refractivity contribution in [2.45, 2.75) is 13.3 Å². The lowest BCUT2D eigenvalue weighted by atomic mass is 10.1. The largest absolute Gasteiger partial charge is 0.487 e. The number of hydrogen-bond acceptors (Lipinski definition) is 5. The third-order valence-corrected chi connectivity index (χ3v) is 6.35. The molecular weight excluding hydrogens is 546 g/mol. The Morgan fingerprint density at radius 2 is 2.09 bits per heavy atom. The van der Waals surface area contributed by atoms with Crippen molar-refractivity contribution in [3.8, 4) is 5.75 Å². The van der Waals surface area contributed by atoms with Crippen LogP contribution in [0.15, 0.2) is 59.7 Å². The molecule has 0 radical (unpaired) electrons. The molecule has 0 saturated heterocycles. The Labute approximate surface area is 211 Å². The first-order valence-electron chi connectivity index (χ1n) is 11.3. The molecule has 1 N–H and O–H groups in total. The van der Waals surface area contributed by atoms with E-state index < -0.39 is 5.95 Å². The number of likely N-dealkylation sites (N-methyl/N-ethyl adjacent to an activating group) is 1. The number of benzene rings is 2. The van der Waals surface area contributed by atoms with Crippen molar-refractivity contribution in [2.75, 3.05) is 32.8 Å². The van der Waals surface area contributed by atoms with Crippen LogP contribution in [0.25, 0.3) is 6.08 Å². The molecule has 2 aromatic carbocycles. The maximum atomic E-state index is 13.6. The van der Waals surface area contributed by atoms with Crippen LogP contribution in [0.2, 0.25) is 0 Å². The molecule has 0 atom stereocenters. The van der Waals surface area contributed by atoms with Gasteiger partial charge in [-0.2, -0.15) is 4.39 Å². The van der Waals surface area contributed by atoms with E-state index in [-0.39, 0.29) is 11.7 Å². The molecule has 1 aromatic heterocycles. The molecule has 2 heterocycles. The second-order valence-corrected chi connectivity index (χ2v) is 9.11. The number of para-hydroxylation sites is 1. The zero-order valence-electron chi connectivity index (χ0n) is 18.9. The van der Waals surface area contributed by atoms with Gasteiger partial charge in [-0.25, -0.2) is 9.98 Å². The van der Waals surface area contributed by atoms with Gasteiger partial charge >= 0.3 is 0 Å². The SMILES string of the molecule is CCN(CCNC(=O)c1cccc2c1=Nc1ccc(I)cc1CC=2)CCOc1cccnc1F. The van der Waals surface area contributed by atoms with Crippen molar-refractivity contribution >= 4 is 40.3 Å². The molecule has 8 heteroatoms. The highest BCUT2D eigenvalue weighted by Crippen LogP contribution is 2.23. The highest BCUT2D eigenvalue weighted by atomic mass is 127. The lowest BCUT2D eigenvalue weighted by molar-refractivity contribution is 0.0946. The minimum Gasteiger partial charge on any atom is -0.487 e. The minimum atomic E-state index is -0.611. The Morgan fingerprint density at radius 3 is 2.91 bits per heavy atom. The van der Waals surface area contributed by atoms with Gasteiger partial charge in [-0.3, -0.25) is 9.69 Å². The van der Waals surface area contributed by atoms with Gasteiger partial charge in [0.25, 0.3) is 11.9 Å². The number of nitrogens with zero attached hydrogens (tertiary/aromatic N) is 3. The van der Waals surface area contributed by atoms with Gasteiger partial charge in [0.2, 0.25) is 0 Å². The third-order valence-electron chi connectivity index (χ3n) is 5.68. The number of aromatic nitrogens is 1. The van der Waals surface area contributed by atoms with E-state index in [1.807, 2.05) is 37.3 Å². The summed E-state index contributed by atoms with van der Waals surface area (Å²) < 4.78 is 20.2. The van der Waals surface area contributed by atoms with E-state index in [4.69, 9.17) is 9.73 Å². The number of rotatable bonds is 9. The highest BCUT2D eigenvalue weighted by molar-refractivity contribution is 14.1. The van der Waals surface area contributed by atoms with Gasteiger partial charge in [-0.15, -0.1) is 0 Å². The number of nitrogens with one attached hydrogen (secondary N) is 1. The molecular formula is C26H26FIN4O2. The number of hydrogen-bond donors (Lipinski definition) is 1. The number of fused-ring (bicyclic) bond motifs is 2. The summed E-state index contributed by atoms with van der Waals surface area (Å²) in [5, 5.41) is 4.69. The van der Waals surface area contributed by atoms with E-state index in [0.717, 1.165) is 29.4 Å². The smallest absolute Gasteiger partial charge is 0.255 e. The Morgan fingerprint density at radius 1 is 1.21 bits per heavy atom. The van der Waals surface area contributed by atoms with Crippen LogP contribution in [-0.4, -0.2) is 48.6 Å². The number of pyridine rings is 1. The van der Waals surface area contributed by atoms with Crippen molar-refractivity contribution in [3.63, 3.8) is 0 Å². The average Bonchev–Trinajstić information content (AvgIpc) is 3.03. The normalized spacial score (nSPS) is 12.1. The van der Waals surface area contributed by atoms with Crippen LogP contribution in [0.4, 0.5) is 10.1 Å². The summed E-state index contributed by atoms with van der Waals surface area (Å²) in [7, 11) is 0. The second kappa shape index (κ2) is 11.5. The predicted octanol–water partition coefficient (Wildman–Crippen LogP) is 3.24. The van der Waals surface area contributed by atoms with E-state index in [0.29, 0.717) is 37.2 Å². The monoisotopic (exact) mass is 572 g/mol. The van der Waals surface area contributed by atoms with Crippen LogP contribution < -0.4 is 20.6 Å². The van der Waals surface area contributed by atoms with Crippen molar-refractivity contribution in [1.29, 1.82) is 0 Å². The van der Waals surface area contributed by atoms with Crippen molar-refractivity contribution in [1.82, 2.24) is 15.2 Å². The summed E-state index contributed by atoms with van der Waals surface area (Å²) in [6.07, 6.45) is 4.30. The van der Waals surface area contributed by atoms with E-state index in [9.17, 15) is 9.18 Å². The summed E-state index contributed by atoms with van der Waals surface area (Å²) in [5.41, 5.74) is 2.62. The molecule has 0 saturated carbocycles. The summed E-state index contributed by atoms with van der Waals surface area (Å²) >= 11 is 2.30. The summed E-state index contributed by atoms with van der Waals surface area (Å²) in [5.74, 6) is -0.610. The van der Waals surface area contributed by atoms with Gasteiger partial charge < -0.3 is 10.1 Å². The van der Waals surface area contributed by atoms with Gasteiger partial charge in [-0.05, 0) is 82.7 Å². The van der Waals surface area contributed by atoms with E-state index in [1.165, 1.54) is 9.77 Å². The predicted molar refractivity (Wildman–Crippen MR) is 138 cm³/mol. The van der Waals surface area contributed by atoms with E-state index >= 15 is 0 Å². The quantitative estimate of drug-likeness (QED) is 0.316. The zero-order chi connectivity index (χ0) is 23.9. The van der Waals surface area contributed by atoms with Crippen LogP contribution in [-0.2, 0) is 6.42 Å². The Bertz CT molecular complexity index is 1300. The van der Waals surface area contributed by atoms with Gasteiger partial charge in [0.05, 0.1) is 16.6 Å². The summed E-state index contributed by atoms with van der Waals surface area (Å²) in [6.45, 7) is 4.91. The Kier molecular flexibility index (Phi) is 8.23. The van der Waals surface area contributed by atoms with Crippen molar-refractivity contribution < 1.29 is 13.9 Å². The topological polar surface area (TPSA) is 66.8 Å². The molecule has 0 spiro atoms. The number of carbonyl (C=O) groups is 1. The van der Waals surface area contributed by atoms with Crippen LogP contribution in [0.5, 0.6) is 5.75 Å².